The van der Waals surface area contributed by atoms with Crippen LogP contribution in [0.5, 0.6) is 0 Å². The van der Waals surface area contributed by atoms with Crippen molar-refractivity contribution in [2.75, 3.05) is 0 Å². The number of rotatable bonds is 5. The molecular weight excluding hydrogens is 733 g/mol. The van der Waals surface area contributed by atoms with Gasteiger partial charge >= 0.3 is 0 Å². The normalized spacial score (nSPS) is 11.9. The van der Waals surface area contributed by atoms with Crippen LogP contribution in [-0.2, 0) is 0 Å². The Hall–Kier alpha value is -6.99. The van der Waals surface area contributed by atoms with E-state index in [0.29, 0.717) is 17.5 Å². The monoisotopic (exact) mass is 762 g/mol. The number of para-hydroxylation sites is 1. The Kier molecular flexibility index (Phi) is 7.24. The molecule has 0 atom stereocenters. The predicted molar refractivity (Wildman–Crippen MR) is 242 cm³/mol. The molecule has 0 amide bonds. The molecule has 0 saturated carbocycles. The molecule has 0 aliphatic rings. The standard InChI is InChI=1S/C51H30N4S2/c1-2-11-31(12-3-1)33-23-27-43-40(29-33)36-13-4-7-17-42(36)55(43)35-25-21-32(22-26-35)49-52-50(34-24-28-46-41(30-34)37-14-5-8-18-44(37)56-46)54-51(53-49)39-16-10-20-47-48(39)38-15-6-9-19-45(38)57-47/h1-30H. The number of benzene rings is 8. The lowest BCUT2D eigenvalue weighted by molar-refractivity contribution is 1.08. The van der Waals surface area contributed by atoms with E-state index in [4.69, 9.17) is 15.0 Å². The van der Waals surface area contributed by atoms with Gasteiger partial charge in [-0.3, -0.25) is 0 Å². The average Bonchev–Trinajstić information content (AvgIpc) is 3.96. The van der Waals surface area contributed by atoms with Crippen molar-refractivity contribution in [2.45, 2.75) is 0 Å². The van der Waals surface area contributed by atoms with Crippen molar-refractivity contribution >= 4 is 84.8 Å². The van der Waals surface area contributed by atoms with Crippen LogP contribution in [0.4, 0.5) is 0 Å². The molecule has 0 spiro atoms. The first kappa shape index (κ1) is 32.3. The molecule has 4 heterocycles. The molecule has 0 aliphatic heterocycles. The second-order valence-electron chi connectivity index (χ2n) is 14.4. The molecule has 8 aromatic carbocycles. The molecule has 0 saturated heterocycles. The van der Waals surface area contributed by atoms with E-state index in [1.165, 1.54) is 73.3 Å². The smallest absolute Gasteiger partial charge is 0.164 e. The molecular formula is C51H30N4S2. The van der Waals surface area contributed by atoms with Crippen molar-refractivity contribution in [1.29, 1.82) is 0 Å². The maximum absolute atomic E-state index is 5.25. The van der Waals surface area contributed by atoms with Crippen LogP contribution in [0.1, 0.15) is 0 Å². The van der Waals surface area contributed by atoms with E-state index in [2.05, 4.69) is 187 Å². The fourth-order valence-corrected chi connectivity index (χ4v) is 10.6. The van der Waals surface area contributed by atoms with Crippen molar-refractivity contribution in [3.05, 3.63) is 182 Å². The Morgan fingerprint density at radius 2 is 0.912 bits per heavy atom. The predicted octanol–water partition coefficient (Wildman–Crippen LogP) is 14.4. The van der Waals surface area contributed by atoms with Crippen LogP contribution in [0.2, 0.25) is 0 Å². The maximum Gasteiger partial charge on any atom is 0.164 e. The van der Waals surface area contributed by atoms with Gasteiger partial charge in [-0.05, 0) is 90.0 Å². The van der Waals surface area contributed by atoms with Gasteiger partial charge < -0.3 is 4.57 Å². The summed E-state index contributed by atoms with van der Waals surface area (Å²) in [5.41, 5.74) is 8.74. The van der Waals surface area contributed by atoms with E-state index in [1.807, 2.05) is 11.3 Å². The summed E-state index contributed by atoms with van der Waals surface area (Å²) in [6.45, 7) is 0. The molecule has 0 fully saturated rings. The molecule has 0 aliphatic carbocycles. The third-order valence-corrected chi connectivity index (χ3v) is 13.4. The highest BCUT2D eigenvalue weighted by atomic mass is 32.1. The van der Waals surface area contributed by atoms with Crippen molar-refractivity contribution in [3.63, 3.8) is 0 Å². The van der Waals surface area contributed by atoms with Crippen LogP contribution in [0.25, 0.3) is 113 Å². The summed E-state index contributed by atoms with van der Waals surface area (Å²) >= 11 is 3.62. The van der Waals surface area contributed by atoms with Gasteiger partial charge in [-0.2, -0.15) is 0 Å². The molecule has 6 heteroatoms. The highest BCUT2D eigenvalue weighted by molar-refractivity contribution is 7.26. The SMILES string of the molecule is c1ccc(-c2ccc3c(c2)c2ccccc2n3-c2ccc(-c3nc(-c4ccc5sc6ccccc6c5c4)nc(-c4cccc5sc6ccccc6c45)n3)cc2)cc1. The van der Waals surface area contributed by atoms with Crippen LogP contribution >= 0.6 is 22.7 Å². The van der Waals surface area contributed by atoms with Gasteiger partial charge in [0.15, 0.2) is 17.5 Å². The zero-order valence-corrected chi connectivity index (χ0v) is 32.1. The van der Waals surface area contributed by atoms with E-state index in [1.54, 1.807) is 11.3 Å². The number of aromatic nitrogens is 4. The second-order valence-corrected chi connectivity index (χ2v) is 16.6. The minimum Gasteiger partial charge on any atom is -0.309 e. The first-order valence-corrected chi connectivity index (χ1v) is 20.6. The molecule has 12 rings (SSSR count). The third kappa shape index (κ3) is 5.22. The second kappa shape index (κ2) is 12.8. The van der Waals surface area contributed by atoms with Gasteiger partial charge in [-0.15, -0.1) is 22.7 Å². The molecule has 12 aromatic rings. The zero-order chi connectivity index (χ0) is 37.5. The average molecular weight is 763 g/mol. The summed E-state index contributed by atoms with van der Waals surface area (Å²) in [6.07, 6.45) is 0. The molecule has 57 heavy (non-hydrogen) atoms. The number of fused-ring (bicyclic) bond motifs is 9. The summed E-state index contributed by atoms with van der Waals surface area (Å²) in [7, 11) is 0. The molecule has 0 unspecified atom stereocenters. The van der Waals surface area contributed by atoms with Gasteiger partial charge in [0.1, 0.15) is 0 Å². The first-order chi connectivity index (χ1) is 28.2. The van der Waals surface area contributed by atoms with Gasteiger partial charge in [0.05, 0.1) is 11.0 Å². The minimum absolute atomic E-state index is 0.642. The Bertz CT molecular complexity index is 3520. The van der Waals surface area contributed by atoms with Gasteiger partial charge in [-0.1, -0.05) is 103 Å². The number of nitrogens with zero attached hydrogens (tertiary/aromatic N) is 4. The van der Waals surface area contributed by atoms with Crippen molar-refractivity contribution in [3.8, 4) is 51.0 Å². The Balaban J connectivity index is 1.03. The van der Waals surface area contributed by atoms with Crippen LogP contribution < -0.4 is 0 Å². The van der Waals surface area contributed by atoms with Crippen molar-refractivity contribution in [2.24, 2.45) is 0 Å². The molecule has 0 radical (unpaired) electrons. The number of hydrogen-bond donors (Lipinski definition) is 0. The summed E-state index contributed by atoms with van der Waals surface area (Å²) in [5.74, 6) is 1.97. The largest absolute Gasteiger partial charge is 0.309 e. The summed E-state index contributed by atoms with van der Waals surface area (Å²) < 4.78 is 7.35. The van der Waals surface area contributed by atoms with Crippen LogP contribution in [0.3, 0.4) is 0 Å². The van der Waals surface area contributed by atoms with E-state index in [9.17, 15) is 0 Å². The molecule has 0 bridgehead atoms. The van der Waals surface area contributed by atoms with Crippen molar-refractivity contribution in [1.82, 2.24) is 19.5 Å². The number of hydrogen-bond acceptors (Lipinski definition) is 5. The summed E-state index contributed by atoms with van der Waals surface area (Å²) in [6, 6.07) is 65.0. The zero-order valence-electron chi connectivity index (χ0n) is 30.4. The Labute approximate surface area is 335 Å². The molecule has 4 aromatic heterocycles. The Morgan fingerprint density at radius 1 is 0.333 bits per heavy atom. The lowest BCUT2D eigenvalue weighted by atomic mass is 10.0. The van der Waals surface area contributed by atoms with Crippen LogP contribution in [0.15, 0.2) is 182 Å². The van der Waals surface area contributed by atoms with Crippen molar-refractivity contribution < 1.29 is 0 Å². The highest BCUT2D eigenvalue weighted by Gasteiger charge is 2.19. The molecule has 0 N–H and O–H groups in total. The van der Waals surface area contributed by atoms with E-state index in [0.717, 1.165) is 22.4 Å². The molecule has 4 nitrogen and oxygen atoms in total. The van der Waals surface area contributed by atoms with E-state index in [-0.39, 0.29) is 0 Å². The third-order valence-electron chi connectivity index (χ3n) is 11.1. The minimum atomic E-state index is 0.642. The fraction of sp³-hybridized carbons (Fsp3) is 0. The van der Waals surface area contributed by atoms with E-state index >= 15 is 0 Å². The van der Waals surface area contributed by atoms with Crippen LogP contribution in [-0.4, -0.2) is 19.5 Å². The fourth-order valence-electron chi connectivity index (χ4n) is 8.40. The molecule has 266 valence electrons. The number of thiophene rings is 2. The lowest BCUT2D eigenvalue weighted by Gasteiger charge is -2.11. The Morgan fingerprint density at radius 3 is 1.75 bits per heavy atom. The lowest BCUT2D eigenvalue weighted by Crippen LogP contribution is -2.01. The van der Waals surface area contributed by atoms with Gasteiger partial charge in [-0.25, -0.2) is 15.0 Å². The topological polar surface area (TPSA) is 43.6 Å². The summed E-state index contributed by atoms with van der Waals surface area (Å²) in [5, 5.41) is 7.32. The van der Waals surface area contributed by atoms with Gasteiger partial charge in [0, 0.05) is 73.5 Å². The van der Waals surface area contributed by atoms with E-state index < -0.39 is 0 Å². The highest BCUT2D eigenvalue weighted by Crippen LogP contribution is 2.41. The first-order valence-electron chi connectivity index (χ1n) is 19.0. The summed E-state index contributed by atoms with van der Waals surface area (Å²) in [4.78, 5) is 15.7. The van der Waals surface area contributed by atoms with Crippen LogP contribution in [0, 0.1) is 0 Å². The van der Waals surface area contributed by atoms with Gasteiger partial charge in [0.2, 0.25) is 0 Å². The quantitative estimate of drug-likeness (QED) is 0.175. The van der Waals surface area contributed by atoms with Gasteiger partial charge in [0.25, 0.3) is 0 Å². The maximum atomic E-state index is 5.25.